The highest BCUT2D eigenvalue weighted by Gasteiger charge is 2.17. The van der Waals surface area contributed by atoms with Crippen LogP contribution in [0.5, 0.6) is 5.75 Å². The fourth-order valence-corrected chi connectivity index (χ4v) is 3.27. The normalized spacial score (nSPS) is 12.7. The minimum absolute atomic E-state index is 0.145. The number of fused-ring (bicyclic) bond motifs is 1. The van der Waals surface area contributed by atoms with Crippen molar-refractivity contribution in [2.75, 3.05) is 18.7 Å². The fraction of sp³-hybridized carbons (Fsp3) is 0.238. The molecule has 0 fully saturated rings. The summed E-state index contributed by atoms with van der Waals surface area (Å²) in [4.78, 5) is 12.3. The first kappa shape index (κ1) is 18.9. The number of nitrogens with one attached hydrogen (secondary N) is 2. The Morgan fingerprint density at radius 3 is 2.97 bits per heavy atom. The van der Waals surface area contributed by atoms with Crippen molar-refractivity contribution < 1.29 is 18.7 Å². The number of halogens is 1. The summed E-state index contributed by atoms with van der Waals surface area (Å²) in [6.07, 6.45) is 4.02. The third kappa shape index (κ3) is 4.72. The molecule has 29 heavy (non-hydrogen) atoms. The second kappa shape index (κ2) is 8.74. The van der Waals surface area contributed by atoms with Crippen molar-refractivity contribution in [1.82, 2.24) is 15.1 Å². The molecule has 1 aromatic heterocycles. The Labute approximate surface area is 167 Å². The lowest BCUT2D eigenvalue weighted by molar-refractivity contribution is -0.0172. The molecule has 1 aliphatic heterocycles. The lowest BCUT2D eigenvalue weighted by atomic mass is 10.1. The van der Waals surface area contributed by atoms with E-state index in [0.717, 1.165) is 5.56 Å². The zero-order valence-corrected chi connectivity index (χ0v) is 15.7. The first-order valence-corrected chi connectivity index (χ1v) is 9.31. The molecule has 2 heterocycles. The standard InChI is InChI=1S/C21H21FN4O3/c22-18-10-15(20-17(11-18)13-28-14-29-20)6-8-23-21(27)25-19-5-2-1-4-16(19)12-26-9-3-7-24-26/h1-5,7,9-11H,6,8,12-14H2,(H2,23,25,27). The molecule has 7 nitrogen and oxygen atoms in total. The predicted molar refractivity (Wildman–Crippen MR) is 105 cm³/mol. The first-order valence-electron chi connectivity index (χ1n) is 9.31. The van der Waals surface area contributed by atoms with Gasteiger partial charge in [-0.3, -0.25) is 4.68 Å². The van der Waals surface area contributed by atoms with Crippen molar-refractivity contribution in [3.05, 3.63) is 77.4 Å². The van der Waals surface area contributed by atoms with E-state index in [0.29, 0.717) is 48.7 Å². The molecule has 1 aliphatic rings. The summed E-state index contributed by atoms with van der Waals surface area (Å²) < 4.78 is 26.3. The van der Waals surface area contributed by atoms with E-state index >= 15 is 0 Å². The van der Waals surface area contributed by atoms with Crippen LogP contribution in [0, 0.1) is 5.82 Å². The van der Waals surface area contributed by atoms with Gasteiger partial charge >= 0.3 is 6.03 Å². The predicted octanol–water partition coefficient (Wildman–Crippen LogP) is 3.30. The third-order valence-corrected chi connectivity index (χ3v) is 4.59. The van der Waals surface area contributed by atoms with Gasteiger partial charge in [-0.05, 0) is 41.8 Å². The molecule has 2 aromatic carbocycles. The van der Waals surface area contributed by atoms with E-state index in [-0.39, 0.29) is 18.6 Å². The van der Waals surface area contributed by atoms with Crippen molar-refractivity contribution in [3.8, 4) is 5.75 Å². The topological polar surface area (TPSA) is 77.4 Å². The lowest BCUT2D eigenvalue weighted by Crippen LogP contribution is -2.31. The molecular formula is C21H21FN4O3. The number of carbonyl (C=O) groups is 1. The number of ether oxygens (including phenoxy) is 2. The van der Waals surface area contributed by atoms with Crippen LogP contribution in [0.25, 0.3) is 0 Å². The fourth-order valence-electron chi connectivity index (χ4n) is 3.27. The Balaban J connectivity index is 1.35. The average Bonchev–Trinajstić information content (AvgIpc) is 3.22. The van der Waals surface area contributed by atoms with E-state index in [1.165, 1.54) is 12.1 Å². The van der Waals surface area contributed by atoms with Crippen molar-refractivity contribution in [1.29, 1.82) is 0 Å². The highest BCUT2D eigenvalue weighted by Crippen LogP contribution is 2.29. The van der Waals surface area contributed by atoms with Crippen LogP contribution in [0.4, 0.5) is 14.9 Å². The number of hydrogen-bond donors (Lipinski definition) is 2. The molecule has 0 unspecified atom stereocenters. The second-order valence-corrected chi connectivity index (χ2v) is 6.66. The van der Waals surface area contributed by atoms with E-state index in [4.69, 9.17) is 9.47 Å². The maximum atomic E-state index is 13.8. The number of nitrogens with zero attached hydrogens (tertiary/aromatic N) is 2. The van der Waals surface area contributed by atoms with Crippen LogP contribution in [0.1, 0.15) is 16.7 Å². The van der Waals surface area contributed by atoms with Crippen LogP contribution in [0.3, 0.4) is 0 Å². The number of para-hydroxylation sites is 1. The molecule has 0 atom stereocenters. The van der Waals surface area contributed by atoms with Crippen molar-refractivity contribution in [3.63, 3.8) is 0 Å². The lowest BCUT2D eigenvalue weighted by Gasteiger charge is -2.21. The van der Waals surface area contributed by atoms with Gasteiger partial charge < -0.3 is 20.1 Å². The van der Waals surface area contributed by atoms with Crippen molar-refractivity contribution in [2.45, 2.75) is 19.6 Å². The van der Waals surface area contributed by atoms with E-state index in [2.05, 4.69) is 15.7 Å². The van der Waals surface area contributed by atoms with Gasteiger partial charge in [0.25, 0.3) is 0 Å². The van der Waals surface area contributed by atoms with Gasteiger partial charge in [0.15, 0.2) is 6.79 Å². The number of carbonyl (C=O) groups excluding carboxylic acids is 1. The number of urea groups is 1. The SMILES string of the molecule is O=C(NCCc1cc(F)cc2c1OCOC2)Nc1ccccc1Cn1cccn1. The molecule has 3 aromatic rings. The van der Waals surface area contributed by atoms with Crippen molar-refractivity contribution in [2.24, 2.45) is 0 Å². The number of hydrogen-bond acceptors (Lipinski definition) is 4. The van der Waals surface area contributed by atoms with Crippen LogP contribution in [-0.4, -0.2) is 29.1 Å². The number of amides is 2. The molecule has 2 N–H and O–H groups in total. The maximum Gasteiger partial charge on any atom is 0.319 e. The molecule has 2 amide bonds. The summed E-state index contributed by atoms with van der Waals surface area (Å²) in [6, 6.07) is 11.9. The maximum absolute atomic E-state index is 13.8. The van der Waals surface area contributed by atoms with Gasteiger partial charge in [-0.2, -0.15) is 5.10 Å². The van der Waals surface area contributed by atoms with Crippen molar-refractivity contribution >= 4 is 11.7 Å². The Kier molecular flexibility index (Phi) is 5.71. The highest BCUT2D eigenvalue weighted by atomic mass is 19.1. The monoisotopic (exact) mass is 396 g/mol. The van der Waals surface area contributed by atoms with Crippen LogP contribution in [-0.2, 0) is 24.3 Å². The van der Waals surface area contributed by atoms with Crippen LogP contribution >= 0.6 is 0 Å². The summed E-state index contributed by atoms with van der Waals surface area (Å²) >= 11 is 0. The van der Waals surface area contributed by atoms with Crippen LogP contribution in [0.15, 0.2) is 54.9 Å². The van der Waals surface area contributed by atoms with Crippen LogP contribution < -0.4 is 15.4 Å². The molecule has 0 saturated carbocycles. The zero-order chi connectivity index (χ0) is 20.1. The largest absolute Gasteiger partial charge is 0.467 e. The second-order valence-electron chi connectivity index (χ2n) is 6.66. The summed E-state index contributed by atoms with van der Waals surface area (Å²) in [6.45, 7) is 1.36. The summed E-state index contributed by atoms with van der Waals surface area (Å²) in [5, 5.41) is 9.87. The van der Waals surface area contributed by atoms with E-state index < -0.39 is 0 Å². The number of anilines is 1. The van der Waals surface area contributed by atoms with Gasteiger partial charge in [0, 0.05) is 30.2 Å². The average molecular weight is 396 g/mol. The minimum atomic E-state index is -0.343. The molecule has 150 valence electrons. The number of aromatic nitrogens is 2. The summed E-state index contributed by atoms with van der Waals surface area (Å²) in [5.41, 5.74) is 3.05. The minimum Gasteiger partial charge on any atom is -0.467 e. The number of benzene rings is 2. The molecule has 4 rings (SSSR count). The van der Waals surface area contributed by atoms with Crippen LogP contribution in [0.2, 0.25) is 0 Å². The quantitative estimate of drug-likeness (QED) is 0.670. The third-order valence-electron chi connectivity index (χ3n) is 4.59. The molecule has 0 radical (unpaired) electrons. The molecular weight excluding hydrogens is 375 g/mol. The van der Waals surface area contributed by atoms with E-state index in [9.17, 15) is 9.18 Å². The van der Waals surface area contributed by atoms with Gasteiger partial charge in [-0.1, -0.05) is 18.2 Å². The Morgan fingerprint density at radius 1 is 1.21 bits per heavy atom. The van der Waals surface area contributed by atoms with E-state index in [1.54, 1.807) is 10.9 Å². The van der Waals surface area contributed by atoms with E-state index in [1.807, 2.05) is 36.5 Å². The summed E-state index contributed by atoms with van der Waals surface area (Å²) in [7, 11) is 0. The van der Waals surface area contributed by atoms with Gasteiger partial charge in [0.2, 0.25) is 0 Å². The van der Waals surface area contributed by atoms with Gasteiger partial charge in [0.05, 0.1) is 13.2 Å². The molecule has 0 saturated heterocycles. The van der Waals surface area contributed by atoms with Gasteiger partial charge in [0.1, 0.15) is 11.6 Å². The summed E-state index contributed by atoms with van der Waals surface area (Å²) in [5.74, 6) is 0.300. The zero-order valence-electron chi connectivity index (χ0n) is 15.7. The molecule has 0 spiro atoms. The first-order chi connectivity index (χ1) is 14.2. The molecule has 8 heteroatoms. The Hall–Kier alpha value is -3.39. The Morgan fingerprint density at radius 2 is 2.10 bits per heavy atom. The number of rotatable bonds is 6. The van der Waals surface area contributed by atoms with Gasteiger partial charge in [-0.15, -0.1) is 0 Å². The molecule has 0 aliphatic carbocycles. The molecule has 0 bridgehead atoms. The van der Waals surface area contributed by atoms with Gasteiger partial charge in [-0.25, -0.2) is 9.18 Å². The smallest absolute Gasteiger partial charge is 0.319 e. The highest BCUT2D eigenvalue weighted by molar-refractivity contribution is 5.90. The Bertz CT molecular complexity index is 992.